The highest BCUT2D eigenvalue weighted by atomic mass is 16.5. The Morgan fingerprint density at radius 3 is 2.71 bits per heavy atom. The zero-order valence-corrected chi connectivity index (χ0v) is 7.72. The van der Waals surface area contributed by atoms with E-state index < -0.39 is 5.97 Å². The average molecular weight is 192 g/mol. The lowest BCUT2D eigenvalue weighted by molar-refractivity contribution is -0.138. The molecule has 1 fully saturated rings. The molecule has 2 atom stereocenters. The van der Waals surface area contributed by atoms with E-state index in [4.69, 9.17) is 9.84 Å². The summed E-state index contributed by atoms with van der Waals surface area (Å²) in [6.07, 6.45) is 0.752. The van der Waals surface area contributed by atoms with Gasteiger partial charge in [-0.25, -0.2) is 0 Å². The number of hydrogen-bond donors (Lipinski definition) is 1. The van der Waals surface area contributed by atoms with Crippen LogP contribution in [0.3, 0.4) is 0 Å². The van der Waals surface area contributed by atoms with Crippen LogP contribution < -0.4 is 4.74 Å². The molecule has 1 saturated carbocycles. The summed E-state index contributed by atoms with van der Waals surface area (Å²) in [5.41, 5.74) is 0. The van der Waals surface area contributed by atoms with Gasteiger partial charge in [0.05, 0.1) is 12.5 Å². The first kappa shape index (κ1) is 9.06. The summed E-state index contributed by atoms with van der Waals surface area (Å²) >= 11 is 0. The molecule has 1 aliphatic carbocycles. The minimum Gasteiger partial charge on any atom is -0.493 e. The molecule has 0 aliphatic heterocycles. The molecule has 1 aromatic rings. The van der Waals surface area contributed by atoms with E-state index in [0.29, 0.717) is 6.61 Å². The van der Waals surface area contributed by atoms with Crippen molar-refractivity contribution < 1.29 is 14.6 Å². The number of aliphatic carboxylic acids is 1. The minimum absolute atomic E-state index is 0.182. The van der Waals surface area contributed by atoms with Crippen LogP contribution in [0, 0.1) is 11.8 Å². The lowest BCUT2D eigenvalue weighted by atomic mass is 10.3. The van der Waals surface area contributed by atoms with Gasteiger partial charge in [0.15, 0.2) is 0 Å². The number of carbonyl (C=O) groups is 1. The molecule has 2 rings (SSSR count). The van der Waals surface area contributed by atoms with Crippen molar-refractivity contribution in [2.45, 2.75) is 6.42 Å². The number of para-hydroxylation sites is 1. The van der Waals surface area contributed by atoms with Crippen molar-refractivity contribution in [2.24, 2.45) is 11.8 Å². The Kier molecular flexibility index (Phi) is 2.39. The second-order valence-corrected chi connectivity index (χ2v) is 3.56. The highest BCUT2D eigenvalue weighted by Gasteiger charge is 2.43. The van der Waals surface area contributed by atoms with E-state index in [1.54, 1.807) is 0 Å². The van der Waals surface area contributed by atoms with Crippen molar-refractivity contribution in [2.75, 3.05) is 6.61 Å². The Labute approximate surface area is 82.3 Å². The molecule has 0 unspecified atom stereocenters. The van der Waals surface area contributed by atoms with Crippen LogP contribution in [-0.2, 0) is 4.79 Å². The van der Waals surface area contributed by atoms with Gasteiger partial charge in [0.25, 0.3) is 0 Å². The number of carboxylic acid groups (broad SMARTS) is 1. The van der Waals surface area contributed by atoms with Crippen molar-refractivity contribution in [1.82, 2.24) is 0 Å². The zero-order chi connectivity index (χ0) is 9.97. The summed E-state index contributed by atoms with van der Waals surface area (Å²) in [5, 5.41) is 8.67. The molecule has 0 bridgehead atoms. The zero-order valence-electron chi connectivity index (χ0n) is 7.72. The molecule has 3 nitrogen and oxygen atoms in total. The van der Waals surface area contributed by atoms with Crippen LogP contribution in [0.2, 0.25) is 0 Å². The second kappa shape index (κ2) is 3.70. The highest BCUT2D eigenvalue weighted by molar-refractivity contribution is 5.73. The molecule has 74 valence electrons. The fourth-order valence-corrected chi connectivity index (χ4v) is 1.45. The minimum atomic E-state index is -0.702. The van der Waals surface area contributed by atoms with Gasteiger partial charge < -0.3 is 9.84 Å². The molecule has 0 amide bonds. The molecule has 0 heterocycles. The van der Waals surface area contributed by atoms with Crippen molar-refractivity contribution in [3.05, 3.63) is 30.3 Å². The number of hydrogen-bond acceptors (Lipinski definition) is 2. The molecule has 1 aliphatic rings. The Balaban J connectivity index is 1.77. The quantitative estimate of drug-likeness (QED) is 0.791. The van der Waals surface area contributed by atoms with E-state index in [2.05, 4.69) is 0 Å². The third kappa shape index (κ3) is 2.05. The lowest BCUT2D eigenvalue weighted by Crippen LogP contribution is -2.06. The summed E-state index contributed by atoms with van der Waals surface area (Å²) in [7, 11) is 0. The summed E-state index contributed by atoms with van der Waals surface area (Å²) in [4.78, 5) is 10.5. The van der Waals surface area contributed by atoms with Gasteiger partial charge >= 0.3 is 5.97 Å². The Bertz CT molecular complexity index is 321. The van der Waals surface area contributed by atoms with Crippen LogP contribution in [0.15, 0.2) is 30.3 Å². The molecular formula is C11H12O3. The molecule has 0 aromatic heterocycles. The molecule has 3 heteroatoms. The van der Waals surface area contributed by atoms with Gasteiger partial charge in [-0.15, -0.1) is 0 Å². The normalized spacial score (nSPS) is 24.3. The molecule has 1 N–H and O–H groups in total. The van der Waals surface area contributed by atoms with Gasteiger partial charge in [0, 0.05) is 5.92 Å². The Hall–Kier alpha value is -1.51. The fraction of sp³-hybridized carbons (Fsp3) is 0.364. The van der Waals surface area contributed by atoms with E-state index in [-0.39, 0.29) is 11.8 Å². The van der Waals surface area contributed by atoms with Crippen LogP contribution in [0.4, 0.5) is 0 Å². The van der Waals surface area contributed by atoms with Gasteiger partial charge in [0.2, 0.25) is 0 Å². The van der Waals surface area contributed by atoms with Crippen LogP contribution in [-0.4, -0.2) is 17.7 Å². The largest absolute Gasteiger partial charge is 0.493 e. The topological polar surface area (TPSA) is 46.5 Å². The predicted octanol–water partition coefficient (Wildman–Crippen LogP) is 1.79. The van der Waals surface area contributed by atoms with Crippen molar-refractivity contribution >= 4 is 5.97 Å². The molecular weight excluding hydrogens is 180 g/mol. The smallest absolute Gasteiger partial charge is 0.306 e. The third-order valence-electron chi connectivity index (χ3n) is 2.45. The number of ether oxygens (including phenoxy) is 1. The maximum Gasteiger partial charge on any atom is 0.306 e. The highest BCUT2D eigenvalue weighted by Crippen LogP contribution is 2.38. The molecule has 0 saturated heterocycles. The number of rotatable bonds is 4. The third-order valence-corrected chi connectivity index (χ3v) is 2.45. The average Bonchev–Trinajstić information content (AvgIpc) is 2.96. The molecule has 1 aromatic carbocycles. The number of carboxylic acids is 1. The van der Waals surface area contributed by atoms with Gasteiger partial charge in [-0.1, -0.05) is 18.2 Å². The van der Waals surface area contributed by atoms with Gasteiger partial charge in [-0.3, -0.25) is 4.79 Å². The van der Waals surface area contributed by atoms with Crippen LogP contribution in [0.25, 0.3) is 0 Å². The van der Waals surface area contributed by atoms with Crippen molar-refractivity contribution in [1.29, 1.82) is 0 Å². The standard InChI is InChI=1S/C11H12O3/c12-11(13)10-6-8(10)7-14-9-4-2-1-3-5-9/h1-5,8,10H,6-7H2,(H,12,13)/t8-,10-/m1/s1. The lowest BCUT2D eigenvalue weighted by Gasteiger charge is -2.03. The number of benzene rings is 1. The van der Waals surface area contributed by atoms with Crippen molar-refractivity contribution in [3.8, 4) is 5.75 Å². The summed E-state index contributed by atoms with van der Waals surface area (Å²) in [6.45, 7) is 0.515. The van der Waals surface area contributed by atoms with E-state index >= 15 is 0 Å². The Morgan fingerprint density at radius 1 is 1.43 bits per heavy atom. The molecule has 0 radical (unpaired) electrons. The SMILES string of the molecule is O=C(O)[C@@H]1C[C@@H]1COc1ccccc1. The van der Waals surface area contributed by atoms with E-state index in [0.717, 1.165) is 12.2 Å². The molecule has 0 spiro atoms. The van der Waals surface area contributed by atoms with Crippen LogP contribution >= 0.6 is 0 Å². The first-order valence-corrected chi connectivity index (χ1v) is 4.68. The van der Waals surface area contributed by atoms with E-state index in [9.17, 15) is 4.79 Å². The maximum atomic E-state index is 10.5. The summed E-state index contributed by atoms with van der Waals surface area (Å²) < 4.78 is 5.45. The maximum absolute atomic E-state index is 10.5. The summed E-state index contributed by atoms with van der Waals surface area (Å²) in [5.74, 6) is 0.126. The van der Waals surface area contributed by atoms with Gasteiger partial charge in [-0.05, 0) is 18.6 Å². The van der Waals surface area contributed by atoms with Crippen LogP contribution in [0.5, 0.6) is 5.75 Å². The monoisotopic (exact) mass is 192 g/mol. The molecule has 14 heavy (non-hydrogen) atoms. The first-order chi connectivity index (χ1) is 6.77. The first-order valence-electron chi connectivity index (χ1n) is 4.68. The van der Waals surface area contributed by atoms with Gasteiger partial charge in [-0.2, -0.15) is 0 Å². The summed E-state index contributed by atoms with van der Waals surface area (Å²) in [6, 6.07) is 9.47. The van der Waals surface area contributed by atoms with E-state index in [1.165, 1.54) is 0 Å². The Morgan fingerprint density at radius 2 is 2.14 bits per heavy atom. The predicted molar refractivity (Wildman–Crippen MR) is 51.2 cm³/mol. The van der Waals surface area contributed by atoms with Crippen molar-refractivity contribution in [3.63, 3.8) is 0 Å². The van der Waals surface area contributed by atoms with Gasteiger partial charge in [0.1, 0.15) is 5.75 Å². The van der Waals surface area contributed by atoms with Crippen LogP contribution in [0.1, 0.15) is 6.42 Å². The second-order valence-electron chi connectivity index (χ2n) is 3.56. The fourth-order valence-electron chi connectivity index (χ4n) is 1.45. The van der Waals surface area contributed by atoms with E-state index in [1.807, 2.05) is 30.3 Å².